The van der Waals surface area contributed by atoms with E-state index in [-0.39, 0.29) is 13.2 Å². The lowest BCUT2D eigenvalue weighted by atomic mass is 10.1. The van der Waals surface area contributed by atoms with E-state index < -0.39 is 17.7 Å². The molecular weight excluding hydrogens is 446 g/mol. The summed E-state index contributed by atoms with van der Waals surface area (Å²) in [7, 11) is 0. The predicted molar refractivity (Wildman–Crippen MR) is 139 cm³/mol. The largest absolute Gasteiger partial charge is 0.479 e. The summed E-state index contributed by atoms with van der Waals surface area (Å²) in [6.45, 7) is 9.75. The van der Waals surface area contributed by atoms with Crippen LogP contribution in [-0.4, -0.2) is 110 Å². The van der Waals surface area contributed by atoms with Crippen molar-refractivity contribution in [1.29, 1.82) is 0 Å². The van der Waals surface area contributed by atoms with Crippen molar-refractivity contribution in [3.8, 4) is 0 Å². The molecule has 3 fully saturated rings. The number of hydrogen-bond acceptors (Lipinski definition) is 7. The van der Waals surface area contributed by atoms with Crippen molar-refractivity contribution >= 4 is 5.97 Å². The lowest BCUT2D eigenvalue weighted by molar-refractivity contribution is -0.156. The van der Waals surface area contributed by atoms with Crippen molar-refractivity contribution in [3.63, 3.8) is 0 Å². The Morgan fingerprint density at radius 2 is 1.20 bits per heavy atom. The third-order valence-corrected chi connectivity index (χ3v) is 7.82. The molecule has 3 aliphatic heterocycles. The van der Waals surface area contributed by atoms with E-state index in [2.05, 4.69) is 35.5 Å². The molecule has 6 atom stereocenters. The molecule has 0 amide bonds. The Labute approximate surface area is 213 Å². The van der Waals surface area contributed by atoms with E-state index in [1.807, 2.05) is 0 Å². The SMILES string of the molecule is CCCCCC1CN1CC(C(=O)O)(N1CC1CCCCC)N1CC1CCCCC.OCC(O)CO. The van der Waals surface area contributed by atoms with Gasteiger partial charge < -0.3 is 20.4 Å². The highest BCUT2D eigenvalue weighted by atomic mass is 16.4. The number of aliphatic carboxylic acids is 1. The highest BCUT2D eigenvalue weighted by molar-refractivity contribution is 5.80. The maximum absolute atomic E-state index is 12.8. The van der Waals surface area contributed by atoms with Crippen LogP contribution < -0.4 is 0 Å². The van der Waals surface area contributed by atoms with E-state index in [1.165, 1.54) is 64.2 Å². The lowest BCUT2D eigenvalue weighted by Gasteiger charge is -2.35. The lowest BCUT2D eigenvalue weighted by Crippen LogP contribution is -2.59. The van der Waals surface area contributed by atoms with Gasteiger partial charge in [-0.3, -0.25) is 14.7 Å². The van der Waals surface area contributed by atoms with Gasteiger partial charge in [-0.05, 0) is 19.3 Å². The Hall–Kier alpha value is -0.770. The van der Waals surface area contributed by atoms with Gasteiger partial charge in [-0.25, -0.2) is 4.79 Å². The Morgan fingerprint density at radius 3 is 1.54 bits per heavy atom. The molecule has 0 aromatic rings. The van der Waals surface area contributed by atoms with Gasteiger partial charge in [0.15, 0.2) is 5.66 Å². The van der Waals surface area contributed by atoms with Crippen LogP contribution in [0, 0.1) is 0 Å². The van der Waals surface area contributed by atoms with Gasteiger partial charge in [-0.1, -0.05) is 78.6 Å². The van der Waals surface area contributed by atoms with E-state index >= 15 is 0 Å². The summed E-state index contributed by atoms with van der Waals surface area (Å²) < 4.78 is 0. The van der Waals surface area contributed by atoms with Gasteiger partial charge >= 0.3 is 5.97 Å². The van der Waals surface area contributed by atoms with Crippen molar-refractivity contribution in [3.05, 3.63) is 0 Å². The first kappa shape index (κ1) is 30.5. The molecule has 8 nitrogen and oxygen atoms in total. The van der Waals surface area contributed by atoms with Crippen LogP contribution in [0.1, 0.15) is 97.8 Å². The van der Waals surface area contributed by atoms with Gasteiger partial charge in [0.05, 0.1) is 13.2 Å². The zero-order valence-electron chi connectivity index (χ0n) is 22.6. The molecule has 0 aliphatic carbocycles. The van der Waals surface area contributed by atoms with Gasteiger partial charge in [-0.2, -0.15) is 0 Å². The molecule has 0 saturated carbocycles. The number of rotatable bonds is 19. The fourth-order valence-electron chi connectivity index (χ4n) is 5.34. The maximum atomic E-state index is 12.8. The van der Waals surface area contributed by atoms with E-state index in [0.29, 0.717) is 24.7 Å². The Morgan fingerprint density at radius 1 is 0.771 bits per heavy atom. The van der Waals surface area contributed by atoms with Crippen molar-refractivity contribution in [2.24, 2.45) is 0 Å². The second kappa shape index (κ2) is 15.5. The van der Waals surface area contributed by atoms with Crippen molar-refractivity contribution in [2.45, 2.75) is 128 Å². The second-order valence-electron chi connectivity index (χ2n) is 10.8. The first-order valence-corrected chi connectivity index (χ1v) is 14.3. The van der Waals surface area contributed by atoms with Crippen LogP contribution in [0.4, 0.5) is 0 Å². The van der Waals surface area contributed by atoms with Crippen LogP contribution in [0.3, 0.4) is 0 Å². The first-order valence-electron chi connectivity index (χ1n) is 14.3. The van der Waals surface area contributed by atoms with Crippen molar-refractivity contribution in [1.82, 2.24) is 14.7 Å². The molecule has 3 saturated heterocycles. The fourth-order valence-corrected chi connectivity index (χ4v) is 5.34. The molecule has 6 unspecified atom stereocenters. The van der Waals surface area contributed by atoms with Gasteiger partial charge in [-0.15, -0.1) is 0 Å². The molecule has 8 heteroatoms. The van der Waals surface area contributed by atoms with Gasteiger partial charge in [0.25, 0.3) is 0 Å². The Bertz CT molecular complexity index is 579. The smallest absolute Gasteiger partial charge is 0.340 e. The van der Waals surface area contributed by atoms with Gasteiger partial charge in [0, 0.05) is 44.3 Å². The zero-order chi connectivity index (χ0) is 25.8. The van der Waals surface area contributed by atoms with Gasteiger partial charge in [0.1, 0.15) is 6.10 Å². The molecule has 3 aliphatic rings. The van der Waals surface area contributed by atoms with Crippen molar-refractivity contribution < 1.29 is 25.2 Å². The summed E-state index contributed by atoms with van der Waals surface area (Å²) in [4.78, 5) is 19.9. The number of carboxylic acids is 1. The molecule has 0 aromatic carbocycles. The topological polar surface area (TPSA) is 107 Å². The number of carboxylic acid groups (broad SMARTS) is 1. The van der Waals surface area contributed by atoms with E-state index in [9.17, 15) is 9.90 Å². The maximum Gasteiger partial charge on any atom is 0.340 e. The molecule has 0 bridgehead atoms. The third kappa shape index (κ3) is 9.24. The average Bonchev–Trinajstić information content (AvgIpc) is 3.73. The van der Waals surface area contributed by atoms with Crippen LogP contribution >= 0.6 is 0 Å². The van der Waals surface area contributed by atoms with Gasteiger partial charge in [0.2, 0.25) is 0 Å². The van der Waals surface area contributed by atoms with Crippen LogP contribution in [0.2, 0.25) is 0 Å². The summed E-state index contributed by atoms with van der Waals surface area (Å²) in [6.07, 6.45) is 13.9. The molecule has 206 valence electrons. The van der Waals surface area contributed by atoms with Crippen LogP contribution in [-0.2, 0) is 4.79 Å². The molecule has 4 N–H and O–H groups in total. The summed E-state index contributed by atoms with van der Waals surface area (Å²) in [5, 5.41) is 34.5. The number of aliphatic hydroxyl groups excluding tert-OH is 3. The van der Waals surface area contributed by atoms with Crippen molar-refractivity contribution in [2.75, 3.05) is 39.4 Å². The quantitative estimate of drug-likeness (QED) is 0.159. The minimum atomic E-state index is -0.954. The summed E-state index contributed by atoms with van der Waals surface area (Å²) in [5.74, 6) is -0.604. The van der Waals surface area contributed by atoms with E-state index in [0.717, 1.165) is 32.5 Å². The van der Waals surface area contributed by atoms with Crippen LogP contribution in [0.15, 0.2) is 0 Å². The Kier molecular flexibility index (Phi) is 13.5. The fraction of sp³-hybridized carbons (Fsp3) is 0.963. The standard InChI is InChI=1S/C24H45N3O2.C3H8O3/c1-4-7-10-13-20-16-25(20)19-24(23(28)29,26-17-21(26)14-11-8-5-2)27-18-22(27)15-12-9-6-3;4-1-3(6)2-5/h20-22H,4-19H2,1-3H3,(H,28,29);3-6H,1-2H2. The van der Waals surface area contributed by atoms with Crippen LogP contribution in [0.25, 0.3) is 0 Å². The number of unbranched alkanes of at least 4 members (excludes halogenated alkanes) is 6. The highest BCUT2D eigenvalue weighted by Gasteiger charge is 2.65. The average molecular weight is 500 g/mol. The van der Waals surface area contributed by atoms with E-state index in [4.69, 9.17) is 15.3 Å². The number of aliphatic hydroxyl groups is 3. The summed E-state index contributed by atoms with van der Waals surface area (Å²) >= 11 is 0. The zero-order valence-corrected chi connectivity index (χ0v) is 22.6. The molecule has 3 rings (SSSR count). The Balaban J connectivity index is 0.000000641. The summed E-state index contributed by atoms with van der Waals surface area (Å²) in [6, 6.07) is 1.58. The minimum absolute atomic E-state index is 0.365. The third-order valence-electron chi connectivity index (χ3n) is 7.82. The number of carbonyl (C=O) groups is 1. The number of hydrogen-bond donors (Lipinski definition) is 4. The molecule has 3 heterocycles. The monoisotopic (exact) mass is 499 g/mol. The minimum Gasteiger partial charge on any atom is -0.479 e. The number of nitrogens with zero attached hydrogens (tertiary/aromatic N) is 3. The van der Waals surface area contributed by atoms with E-state index in [1.54, 1.807) is 0 Å². The normalized spacial score (nSPS) is 30.4. The molecule has 0 radical (unpaired) electrons. The predicted octanol–water partition coefficient (Wildman–Crippen LogP) is 2.89. The second-order valence-corrected chi connectivity index (χ2v) is 10.8. The molecule has 35 heavy (non-hydrogen) atoms. The van der Waals surface area contributed by atoms with Crippen LogP contribution in [0.5, 0.6) is 0 Å². The molecule has 0 spiro atoms. The first-order chi connectivity index (χ1) is 16.9. The molecular formula is C27H53N3O5. The highest BCUT2D eigenvalue weighted by Crippen LogP contribution is 2.45. The summed E-state index contributed by atoms with van der Waals surface area (Å²) in [5.41, 5.74) is -0.771. The molecule has 0 aromatic heterocycles.